The molecule has 28 heavy (non-hydrogen) atoms. The first-order valence-corrected chi connectivity index (χ1v) is 9.67. The fourth-order valence-corrected chi connectivity index (χ4v) is 3.55. The molecule has 146 valence electrons. The van der Waals surface area contributed by atoms with Gasteiger partial charge < -0.3 is 20.9 Å². The highest BCUT2D eigenvalue weighted by Gasteiger charge is 2.23. The average Bonchev–Trinajstić information content (AvgIpc) is 3.04. The summed E-state index contributed by atoms with van der Waals surface area (Å²) in [7, 11) is -4.07. The number of aromatic nitrogens is 2. The fourth-order valence-electron chi connectivity index (χ4n) is 2.35. The van der Waals surface area contributed by atoms with Crippen molar-refractivity contribution in [3.63, 3.8) is 0 Å². The van der Waals surface area contributed by atoms with Crippen molar-refractivity contribution < 1.29 is 22.7 Å². The molecular formula is C18H18N4O5S. The third kappa shape index (κ3) is 3.91. The van der Waals surface area contributed by atoms with Crippen molar-refractivity contribution in [2.75, 3.05) is 18.1 Å². The molecule has 0 radical (unpaired) electrons. The molecule has 10 heteroatoms. The van der Waals surface area contributed by atoms with Gasteiger partial charge in [-0.05, 0) is 55.5 Å². The number of esters is 1. The predicted molar refractivity (Wildman–Crippen MR) is 103 cm³/mol. The number of rotatable bonds is 6. The monoisotopic (exact) mass is 402 g/mol. The van der Waals surface area contributed by atoms with Gasteiger partial charge in [-0.15, -0.1) is 9.19 Å². The van der Waals surface area contributed by atoms with Crippen LogP contribution in [0.5, 0.6) is 11.6 Å². The minimum Gasteiger partial charge on any atom is -0.494 e. The second-order valence-electron chi connectivity index (χ2n) is 5.67. The summed E-state index contributed by atoms with van der Waals surface area (Å²) in [6, 6.07) is 13.0. The van der Waals surface area contributed by atoms with Crippen LogP contribution in [0, 0.1) is 0 Å². The van der Waals surface area contributed by atoms with E-state index in [0.29, 0.717) is 22.1 Å². The number of ether oxygens (including phenoxy) is 2. The molecule has 0 aliphatic heterocycles. The van der Waals surface area contributed by atoms with Gasteiger partial charge in [0.2, 0.25) is 5.88 Å². The van der Waals surface area contributed by atoms with E-state index >= 15 is 0 Å². The second-order valence-corrected chi connectivity index (χ2v) is 7.44. The number of hydrogen-bond acceptors (Lipinski definition) is 8. The summed E-state index contributed by atoms with van der Waals surface area (Å²) >= 11 is 0. The lowest BCUT2D eigenvalue weighted by Gasteiger charge is -2.07. The quantitative estimate of drug-likeness (QED) is 0.471. The Morgan fingerprint density at radius 3 is 2.32 bits per heavy atom. The first-order chi connectivity index (χ1) is 13.3. The zero-order valence-electron chi connectivity index (χ0n) is 14.9. The fraction of sp³-hybridized carbons (Fsp3) is 0.111. The van der Waals surface area contributed by atoms with E-state index in [0.717, 1.165) is 6.07 Å². The highest BCUT2D eigenvalue weighted by molar-refractivity contribution is 7.90. The first kappa shape index (κ1) is 19.2. The van der Waals surface area contributed by atoms with Gasteiger partial charge in [0, 0.05) is 11.8 Å². The molecule has 4 N–H and O–H groups in total. The molecule has 0 amide bonds. The van der Waals surface area contributed by atoms with E-state index in [1.54, 1.807) is 12.1 Å². The molecule has 3 rings (SSSR count). The third-order valence-corrected chi connectivity index (χ3v) is 5.30. The number of hydrogen-bond donors (Lipinski definition) is 2. The van der Waals surface area contributed by atoms with Crippen molar-refractivity contribution >= 4 is 27.5 Å². The Hall–Kier alpha value is -3.53. The van der Waals surface area contributed by atoms with E-state index < -0.39 is 16.0 Å². The number of anilines is 2. The van der Waals surface area contributed by atoms with Gasteiger partial charge >= 0.3 is 5.97 Å². The molecule has 0 saturated carbocycles. The van der Waals surface area contributed by atoms with Crippen molar-refractivity contribution in [3.8, 4) is 11.6 Å². The van der Waals surface area contributed by atoms with Gasteiger partial charge in [-0.1, -0.05) is 0 Å². The molecule has 0 fully saturated rings. The molecule has 9 nitrogen and oxygen atoms in total. The highest BCUT2D eigenvalue weighted by Crippen LogP contribution is 2.23. The molecule has 0 bridgehead atoms. The maximum Gasteiger partial charge on any atom is 0.344 e. The molecule has 0 aliphatic rings. The van der Waals surface area contributed by atoms with Gasteiger partial charge in [0.15, 0.2) is 0 Å². The van der Waals surface area contributed by atoms with Crippen LogP contribution in [0.1, 0.15) is 17.3 Å². The molecule has 1 aromatic heterocycles. The van der Waals surface area contributed by atoms with Gasteiger partial charge in [-0.2, -0.15) is 8.42 Å². The van der Waals surface area contributed by atoms with Crippen LogP contribution < -0.4 is 20.9 Å². The zero-order valence-corrected chi connectivity index (χ0v) is 15.7. The van der Waals surface area contributed by atoms with Crippen LogP contribution in [-0.4, -0.2) is 30.2 Å². The normalized spacial score (nSPS) is 11.2. The highest BCUT2D eigenvalue weighted by atomic mass is 32.2. The van der Waals surface area contributed by atoms with Crippen LogP contribution in [0.15, 0.2) is 59.5 Å². The van der Waals surface area contributed by atoms with Crippen molar-refractivity contribution in [2.45, 2.75) is 11.8 Å². The molecule has 0 aliphatic carbocycles. The predicted octanol–water partition coefficient (Wildman–Crippen LogP) is 1.90. The lowest BCUT2D eigenvalue weighted by molar-refractivity contribution is 0.0727. The number of carbonyl (C=O) groups excluding carboxylic acids is 1. The minimum absolute atomic E-state index is 0.0397. The number of benzene rings is 2. The molecule has 0 unspecified atom stereocenters. The van der Waals surface area contributed by atoms with Gasteiger partial charge in [0.1, 0.15) is 11.6 Å². The maximum absolute atomic E-state index is 12.8. The smallest absolute Gasteiger partial charge is 0.344 e. The van der Waals surface area contributed by atoms with Crippen LogP contribution in [0.4, 0.5) is 11.5 Å². The van der Waals surface area contributed by atoms with Crippen molar-refractivity contribution in [2.24, 2.45) is 0 Å². The van der Waals surface area contributed by atoms with E-state index in [1.807, 2.05) is 6.92 Å². The van der Waals surface area contributed by atoms with Gasteiger partial charge in [-0.3, -0.25) is 0 Å². The lowest BCUT2D eigenvalue weighted by atomic mass is 10.2. The largest absolute Gasteiger partial charge is 0.494 e. The number of nitrogens with two attached hydrogens (primary N) is 2. The summed E-state index contributed by atoms with van der Waals surface area (Å²) in [4.78, 5) is 12.1. The minimum atomic E-state index is -4.07. The van der Waals surface area contributed by atoms with E-state index in [1.165, 1.54) is 36.4 Å². The van der Waals surface area contributed by atoms with Gasteiger partial charge in [-0.25, -0.2) is 4.79 Å². The molecule has 1 heterocycles. The zero-order chi connectivity index (χ0) is 20.3. The Morgan fingerprint density at radius 2 is 1.71 bits per heavy atom. The Balaban J connectivity index is 1.84. The summed E-state index contributed by atoms with van der Waals surface area (Å²) in [5, 5.41) is 3.80. The molecule has 0 atom stereocenters. The molecule has 2 aromatic carbocycles. The second kappa shape index (κ2) is 7.61. The van der Waals surface area contributed by atoms with Crippen LogP contribution in [0.25, 0.3) is 0 Å². The van der Waals surface area contributed by atoms with Crippen LogP contribution in [0.3, 0.4) is 0 Å². The Kier molecular flexibility index (Phi) is 5.23. The van der Waals surface area contributed by atoms with Crippen molar-refractivity contribution in [3.05, 3.63) is 60.2 Å². The summed E-state index contributed by atoms with van der Waals surface area (Å²) in [5.41, 5.74) is 12.1. The number of carbonyl (C=O) groups is 1. The Bertz CT molecular complexity index is 1090. The Morgan fingerprint density at radius 1 is 1.07 bits per heavy atom. The first-order valence-electron chi connectivity index (χ1n) is 8.23. The molecule has 0 saturated heterocycles. The van der Waals surface area contributed by atoms with E-state index in [4.69, 9.17) is 20.9 Å². The van der Waals surface area contributed by atoms with Crippen molar-refractivity contribution in [1.29, 1.82) is 0 Å². The summed E-state index contributed by atoms with van der Waals surface area (Å²) in [6.45, 7) is 2.28. The van der Waals surface area contributed by atoms with Gasteiger partial charge in [0.25, 0.3) is 10.0 Å². The molecule has 3 aromatic rings. The van der Waals surface area contributed by atoms with E-state index in [-0.39, 0.29) is 22.2 Å². The van der Waals surface area contributed by atoms with E-state index in [2.05, 4.69) is 5.10 Å². The third-order valence-electron chi connectivity index (χ3n) is 3.69. The average molecular weight is 402 g/mol. The maximum atomic E-state index is 12.8. The standard InChI is InChI=1S/C18H18N4O5S/c1-2-26-14-7-9-15(10-8-14)28(24,25)22-16(20)11-17(21-22)27-18(23)12-3-5-13(19)6-4-12/h3-11H,2,19-20H2,1H3. The number of nitrogens with zero attached hydrogens (tertiary/aromatic N) is 2. The topological polar surface area (TPSA) is 140 Å². The lowest BCUT2D eigenvalue weighted by Crippen LogP contribution is -2.17. The van der Waals surface area contributed by atoms with E-state index in [9.17, 15) is 13.2 Å². The van der Waals surface area contributed by atoms with Crippen LogP contribution in [-0.2, 0) is 10.0 Å². The van der Waals surface area contributed by atoms with Crippen LogP contribution >= 0.6 is 0 Å². The SMILES string of the molecule is CCOc1ccc(S(=O)(=O)n2nc(OC(=O)c3ccc(N)cc3)cc2N)cc1. The van der Waals surface area contributed by atoms with Gasteiger partial charge in [0.05, 0.1) is 17.1 Å². The molecular weight excluding hydrogens is 384 g/mol. The number of nitrogen functional groups attached to an aromatic ring is 2. The summed E-state index contributed by atoms with van der Waals surface area (Å²) in [5.74, 6) is -0.626. The summed E-state index contributed by atoms with van der Waals surface area (Å²) < 4.78 is 36.5. The molecule has 0 spiro atoms. The Labute approximate surface area is 161 Å². The van der Waals surface area contributed by atoms with Crippen LogP contribution in [0.2, 0.25) is 0 Å². The summed E-state index contributed by atoms with van der Waals surface area (Å²) in [6.07, 6.45) is 0. The van der Waals surface area contributed by atoms with Crippen molar-refractivity contribution in [1.82, 2.24) is 9.19 Å².